The first-order valence-electron chi connectivity index (χ1n) is 9.07. The number of carbonyl (C=O) groups excluding carboxylic acids is 1. The van der Waals surface area contributed by atoms with E-state index in [2.05, 4.69) is 5.32 Å². The number of sulfonamides is 1. The molecule has 1 aliphatic heterocycles. The van der Waals surface area contributed by atoms with Crippen molar-refractivity contribution in [3.8, 4) is 5.75 Å². The molecule has 0 radical (unpaired) electrons. The quantitative estimate of drug-likeness (QED) is 0.799. The molecule has 6 nitrogen and oxygen atoms in total. The lowest BCUT2D eigenvalue weighted by Crippen LogP contribution is -2.46. The molecule has 150 valence electrons. The van der Waals surface area contributed by atoms with Gasteiger partial charge in [0, 0.05) is 19.1 Å². The Balaban J connectivity index is 1.55. The number of hydrogen-bond donors (Lipinski definition) is 1. The molecule has 3 rings (SSSR count). The lowest BCUT2D eigenvalue weighted by atomic mass is 10.1. The number of amides is 1. The van der Waals surface area contributed by atoms with Crippen LogP contribution in [0, 0.1) is 5.82 Å². The molecular formula is C20H23FN2O4S. The van der Waals surface area contributed by atoms with Gasteiger partial charge in [-0.05, 0) is 48.7 Å². The van der Waals surface area contributed by atoms with Gasteiger partial charge in [0.2, 0.25) is 15.9 Å². The van der Waals surface area contributed by atoms with Gasteiger partial charge in [-0.2, -0.15) is 4.31 Å². The second-order valence-electron chi connectivity index (χ2n) is 6.69. The van der Waals surface area contributed by atoms with Crippen LogP contribution in [-0.2, 0) is 21.2 Å². The summed E-state index contributed by atoms with van der Waals surface area (Å²) in [6.45, 7) is 0.637. The average Bonchev–Trinajstić information content (AvgIpc) is 2.70. The van der Waals surface area contributed by atoms with Crippen molar-refractivity contribution in [3.05, 3.63) is 59.9 Å². The molecule has 2 aromatic rings. The van der Waals surface area contributed by atoms with Crippen molar-refractivity contribution in [1.82, 2.24) is 9.62 Å². The fourth-order valence-corrected chi connectivity index (χ4v) is 4.70. The number of piperidine rings is 1. The van der Waals surface area contributed by atoms with Gasteiger partial charge in [0.15, 0.2) is 0 Å². The Morgan fingerprint density at radius 3 is 2.39 bits per heavy atom. The van der Waals surface area contributed by atoms with E-state index in [1.54, 1.807) is 30.3 Å². The van der Waals surface area contributed by atoms with E-state index in [0.29, 0.717) is 37.2 Å². The number of carbonyl (C=O) groups is 1. The van der Waals surface area contributed by atoms with Crippen LogP contribution in [0.1, 0.15) is 18.4 Å². The fourth-order valence-electron chi connectivity index (χ4n) is 3.23. The molecule has 0 aromatic heterocycles. The zero-order valence-corrected chi connectivity index (χ0v) is 16.4. The minimum absolute atomic E-state index is 0.0307. The first-order valence-corrected chi connectivity index (χ1v) is 10.5. The molecule has 0 spiro atoms. The summed E-state index contributed by atoms with van der Waals surface area (Å²) in [7, 11) is -2.06. The lowest BCUT2D eigenvalue weighted by molar-refractivity contribution is -0.121. The van der Waals surface area contributed by atoms with Crippen molar-refractivity contribution < 1.29 is 22.3 Å². The van der Waals surface area contributed by atoms with Gasteiger partial charge in [0.25, 0.3) is 0 Å². The number of rotatable bonds is 6. The lowest BCUT2D eigenvalue weighted by Gasteiger charge is -2.31. The summed E-state index contributed by atoms with van der Waals surface area (Å²) in [4.78, 5) is 12.4. The number of nitrogens with zero attached hydrogens (tertiary/aromatic N) is 1. The molecule has 8 heteroatoms. The van der Waals surface area contributed by atoms with E-state index in [4.69, 9.17) is 4.74 Å². The molecule has 1 aliphatic rings. The van der Waals surface area contributed by atoms with Crippen LogP contribution in [-0.4, -0.2) is 44.9 Å². The highest BCUT2D eigenvalue weighted by Crippen LogP contribution is 2.23. The normalized spacial score (nSPS) is 15.9. The third-order valence-electron chi connectivity index (χ3n) is 4.83. The summed E-state index contributed by atoms with van der Waals surface area (Å²) >= 11 is 0. The van der Waals surface area contributed by atoms with E-state index < -0.39 is 15.8 Å². The van der Waals surface area contributed by atoms with Crippen molar-refractivity contribution in [1.29, 1.82) is 0 Å². The average molecular weight is 406 g/mol. The Morgan fingerprint density at radius 2 is 1.79 bits per heavy atom. The Bertz CT molecular complexity index is 923. The minimum atomic E-state index is -3.58. The van der Waals surface area contributed by atoms with Crippen LogP contribution in [0.3, 0.4) is 0 Å². The van der Waals surface area contributed by atoms with E-state index in [0.717, 1.165) is 0 Å². The van der Waals surface area contributed by atoms with Crippen molar-refractivity contribution in [2.75, 3.05) is 20.2 Å². The smallest absolute Gasteiger partial charge is 0.243 e. The zero-order chi connectivity index (χ0) is 20.1. The number of nitrogens with one attached hydrogen (secondary N) is 1. The number of ether oxygens (including phenoxy) is 1. The van der Waals surface area contributed by atoms with Gasteiger partial charge >= 0.3 is 0 Å². The summed E-state index contributed by atoms with van der Waals surface area (Å²) in [5.74, 6) is -0.0742. The summed E-state index contributed by atoms with van der Waals surface area (Å²) in [5.41, 5.74) is 0.347. The molecule has 1 N–H and O–H groups in total. The number of halogens is 1. The maximum atomic E-state index is 13.7. The number of hydrogen-bond acceptors (Lipinski definition) is 4. The van der Waals surface area contributed by atoms with Crippen LogP contribution in [0.5, 0.6) is 5.75 Å². The van der Waals surface area contributed by atoms with Gasteiger partial charge in [-0.25, -0.2) is 12.8 Å². The van der Waals surface area contributed by atoms with Gasteiger partial charge < -0.3 is 10.1 Å². The Labute approximate surface area is 164 Å². The second-order valence-corrected chi connectivity index (χ2v) is 8.63. The standard InChI is InChI=1S/C20H23FN2O4S/c1-27-17-6-8-18(9-7-17)28(25,26)23-12-10-16(11-13-23)22-20(24)14-15-4-2-3-5-19(15)21/h2-9,16H,10-14H2,1H3,(H,22,24). The van der Waals surface area contributed by atoms with Crippen LogP contribution in [0.2, 0.25) is 0 Å². The second kappa shape index (κ2) is 8.70. The van der Waals surface area contributed by atoms with Crippen LogP contribution < -0.4 is 10.1 Å². The van der Waals surface area contributed by atoms with Crippen molar-refractivity contribution in [2.45, 2.75) is 30.2 Å². The topological polar surface area (TPSA) is 75.7 Å². The summed E-state index contributed by atoms with van der Waals surface area (Å²) < 4.78 is 45.6. The van der Waals surface area contributed by atoms with E-state index in [9.17, 15) is 17.6 Å². The van der Waals surface area contributed by atoms with Gasteiger partial charge in [-0.1, -0.05) is 18.2 Å². The van der Waals surface area contributed by atoms with Crippen LogP contribution >= 0.6 is 0 Å². The van der Waals surface area contributed by atoms with E-state index >= 15 is 0 Å². The summed E-state index contributed by atoms with van der Waals surface area (Å²) in [6, 6.07) is 12.3. The maximum absolute atomic E-state index is 13.7. The molecule has 0 saturated carbocycles. The summed E-state index contributed by atoms with van der Waals surface area (Å²) in [6.07, 6.45) is 0.994. The highest BCUT2D eigenvalue weighted by atomic mass is 32.2. The van der Waals surface area contributed by atoms with Crippen LogP contribution in [0.15, 0.2) is 53.4 Å². The maximum Gasteiger partial charge on any atom is 0.243 e. The van der Waals surface area contributed by atoms with Gasteiger partial charge in [-0.15, -0.1) is 0 Å². The monoisotopic (exact) mass is 406 g/mol. The zero-order valence-electron chi connectivity index (χ0n) is 15.6. The SMILES string of the molecule is COc1ccc(S(=O)(=O)N2CCC(NC(=O)Cc3ccccc3F)CC2)cc1. The molecule has 1 fully saturated rings. The van der Waals surface area contributed by atoms with Crippen LogP contribution in [0.4, 0.5) is 4.39 Å². The van der Waals surface area contributed by atoms with Crippen molar-refractivity contribution in [2.24, 2.45) is 0 Å². The molecular weight excluding hydrogens is 383 g/mol. The first-order chi connectivity index (χ1) is 13.4. The highest BCUT2D eigenvalue weighted by molar-refractivity contribution is 7.89. The Morgan fingerprint density at radius 1 is 1.14 bits per heavy atom. The van der Waals surface area contributed by atoms with E-state index in [1.807, 2.05) is 0 Å². The first kappa shape index (κ1) is 20.3. The van der Waals surface area contributed by atoms with E-state index in [-0.39, 0.29) is 23.3 Å². The highest BCUT2D eigenvalue weighted by Gasteiger charge is 2.30. The van der Waals surface area contributed by atoms with Gasteiger partial charge in [0.05, 0.1) is 18.4 Å². The van der Waals surface area contributed by atoms with Crippen LogP contribution in [0.25, 0.3) is 0 Å². The van der Waals surface area contributed by atoms with Gasteiger partial charge in [0.1, 0.15) is 11.6 Å². The molecule has 0 aliphatic carbocycles. The third kappa shape index (κ3) is 4.69. The molecule has 0 atom stereocenters. The molecule has 2 aromatic carbocycles. The number of methoxy groups -OCH3 is 1. The number of benzene rings is 2. The van der Waals surface area contributed by atoms with E-state index in [1.165, 1.54) is 29.6 Å². The molecule has 1 heterocycles. The van der Waals surface area contributed by atoms with Gasteiger partial charge in [-0.3, -0.25) is 4.79 Å². The largest absolute Gasteiger partial charge is 0.497 e. The molecule has 28 heavy (non-hydrogen) atoms. The predicted octanol–water partition coefficient (Wildman–Crippen LogP) is 2.35. The Hall–Kier alpha value is -2.45. The molecule has 0 bridgehead atoms. The fraction of sp³-hybridized carbons (Fsp3) is 0.350. The predicted molar refractivity (Wildman–Crippen MR) is 103 cm³/mol. The van der Waals surface area contributed by atoms with Crippen molar-refractivity contribution >= 4 is 15.9 Å². The summed E-state index contributed by atoms with van der Waals surface area (Å²) in [5, 5.41) is 2.88. The molecule has 1 saturated heterocycles. The minimum Gasteiger partial charge on any atom is -0.497 e. The third-order valence-corrected chi connectivity index (χ3v) is 6.74. The Kier molecular flexibility index (Phi) is 6.31. The van der Waals surface area contributed by atoms with Crippen molar-refractivity contribution in [3.63, 3.8) is 0 Å². The molecule has 0 unspecified atom stereocenters. The molecule has 1 amide bonds.